The van der Waals surface area contributed by atoms with Crippen LogP contribution in [0.15, 0.2) is 42.7 Å². The van der Waals surface area contributed by atoms with Crippen molar-refractivity contribution in [3.63, 3.8) is 0 Å². The van der Waals surface area contributed by atoms with Crippen molar-refractivity contribution in [3.8, 4) is 5.69 Å². The Hall–Kier alpha value is -3.49. The minimum absolute atomic E-state index is 0.0679. The minimum atomic E-state index is -0.678. The van der Waals surface area contributed by atoms with Crippen molar-refractivity contribution in [2.75, 3.05) is 30.4 Å². The van der Waals surface area contributed by atoms with E-state index in [-0.39, 0.29) is 17.6 Å². The number of nitrogens with zero attached hydrogens (tertiary/aromatic N) is 5. The summed E-state index contributed by atoms with van der Waals surface area (Å²) >= 11 is 0. The summed E-state index contributed by atoms with van der Waals surface area (Å²) in [6.45, 7) is 5.23. The fourth-order valence-corrected chi connectivity index (χ4v) is 3.81. The van der Waals surface area contributed by atoms with Crippen LogP contribution in [0.5, 0.6) is 0 Å². The summed E-state index contributed by atoms with van der Waals surface area (Å²) in [4.78, 5) is 19.9. The number of rotatable bonds is 5. The maximum Gasteiger partial charge on any atom is 0.246 e. The molecule has 1 N–H and O–H groups in total. The average Bonchev–Trinajstić information content (AvgIpc) is 3.36. The molecule has 0 radical (unpaired) electrons. The first kappa shape index (κ1) is 20.8. The smallest absolute Gasteiger partial charge is 0.246 e. The predicted molar refractivity (Wildman–Crippen MR) is 115 cm³/mol. The van der Waals surface area contributed by atoms with Crippen LogP contribution in [0, 0.1) is 18.6 Å². The third-order valence-electron chi connectivity index (χ3n) is 5.49. The molecule has 0 saturated carbocycles. The van der Waals surface area contributed by atoms with E-state index in [1.807, 2.05) is 26.1 Å². The molecule has 3 aromatic rings. The Morgan fingerprint density at radius 2 is 1.87 bits per heavy atom. The molecule has 4 rings (SSSR count). The lowest BCUT2D eigenvalue weighted by Crippen LogP contribution is -2.37. The van der Waals surface area contributed by atoms with E-state index in [4.69, 9.17) is 0 Å². The fourth-order valence-electron chi connectivity index (χ4n) is 3.81. The number of hydrogen-bond donors (Lipinski definition) is 1. The number of aromatic nitrogens is 3. The van der Waals surface area contributed by atoms with E-state index in [0.717, 1.165) is 42.5 Å². The van der Waals surface area contributed by atoms with Crippen molar-refractivity contribution in [1.82, 2.24) is 19.7 Å². The van der Waals surface area contributed by atoms with Gasteiger partial charge in [0.2, 0.25) is 11.9 Å². The van der Waals surface area contributed by atoms with Crippen LogP contribution in [0.4, 0.5) is 26.1 Å². The zero-order valence-electron chi connectivity index (χ0n) is 17.6. The zero-order chi connectivity index (χ0) is 22.1. The third-order valence-corrected chi connectivity index (χ3v) is 5.49. The van der Waals surface area contributed by atoms with Crippen molar-refractivity contribution < 1.29 is 13.6 Å². The lowest BCUT2D eigenvalue weighted by atomic mass is 10.2. The average molecular weight is 426 g/mol. The first-order chi connectivity index (χ1) is 14.8. The van der Waals surface area contributed by atoms with E-state index in [1.54, 1.807) is 11.8 Å². The van der Waals surface area contributed by atoms with E-state index in [9.17, 15) is 13.6 Å². The second-order valence-electron chi connectivity index (χ2n) is 7.84. The molecule has 162 valence electrons. The summed E-state index contributed by atoms with van der Waals surface area (Å²) < 4.78 is 28.3. The van der Waals surface area contributed by atoms with Crippen LogP contribution < -0.4 is 10.2 Å². The first-order valence-corrected chi connectivity index (χ1v) is 10.0. The van der Waals surface area contributed by atoms with Crippen LogP contribution in [0.25, 0.3) is 5.69 Å². The number of halogens is 2. The number of anilines is 3. The molecule has 0 spiro atoms. The molecule has 1 aliphatic rings. The lowest BCUT2D eigenvalue weighted by molar-refractivity contribution is -0.129. The highest BCUT2D eigenvalue weighted by atomic mass is 19.1. The van der Waals surface area contributed by atoms with Crippen LogP contribution in [0.2, 0.25) is 0 Å². The summed E-state index contributed by atoms with van der Waals surface area (Å²) in [7, 11) is 1.84. The van der Waals surface area contributed by atoms with Crippen molar-refractivity contribution in [3.05, 3.63) is 59.9 Å². The second kappa shape index (κ2) is 8.33. The van der Waals surface area contributed by atoms with Gasteiger partial charge in [0.15, 0.2) is 0 Å². The van der Waals surface area contributed by atoms with Gasteiger partial charge in [0.1, 0.15) is 18.0 Å². The molecule has 1 amide bonds. The molecule has 0 aliphatic carbocycles. The molecule has 0 bridgehead atoms. The van der Waals surface area contributed by atoms with Gasteiger partial charge in [-0.3, -0.25) is 4.79 Å². The SMILES string of the molecule is CC(=O)N(C)C1CCN(c2cc(C)cc(Nc3ncn(-c4cc(F)cc(F)c4)n3)c2)C1. The highest BCUT2D eigenvalue weighted by Crippen LogP contribution is 2.28. The van der Waals surface area contributed by atoms with Crippen molar-refractivity contribution in [2.24, 2.45) is 0 Å². The number of carbonyl (C=O) groups is 1. The Morgan fingerprint density at radius 3 is 2.58 bits per heavy atom. The quantitative estimate of drug-likeness (QED) is 0.675. The van der Waals surface area contributed by atoms with Gasteiger partial charge in [0, 0.05) is 44.5 Å². The zero-order valence-corrected chi connectivity index (χ0v) is 17.6. The molecule has 2 heterocycles. The first-order valence-electron chi connectivity index (χ1n) is 10.0. The van der Waals surface area contributed by atoms with E-state index in [2.05, 4.69) is 26.4 Å². The predicted octanol–water partition coefficient (Wildman–Crippen LogP) is 3.65. The van der Waals surface area contributed by atoms with Crippen LogP contribution in [-0.2, 0) is 4.79 Å². The molecule has 7 nitrogen and oxygen atoms in total. The van der Waals surface area contributed by atoms with E-state index in [1.165, 1.54) is 23.1 Å². The fraction of sp³-hybridized carbons (Fsp3) is 0.318. The molecule has 31 heavy (non-hydrogen) atoms. The van der Waals surface area contributed by atoms with Gasteiger partial charge in [-0.05, 0) is 49.2 Å². The van der Waals surface area contributed by atoms with E-state index in [0.29, 0.717) is 5.95 Å². The maximum absolute atomic E-state index is 13.5. The number of carbonyl (C=O) groups excluding carboxylic acids is 1. The van der Waals surface area contributed by atoms with Crippen LogP contribution >= 0.6 is 0 Å². The summed E-state index contributed by atoms with van der Waals surface area (Å²) in [6.07, 6.45) is 2.32. The molecule has 2 aromatic carbocycles. The molecule has 1 saturated heterocycles. The molecular formula is C22H24F2N6O. The highest BCUT2D eigenvalue weighted by Gasteiger charge is 2.27. The van der Waals surface area contributed by atoms with Gasteiger partial charge in [0.05, 0.1) is 11.7 Å². The van der Waals surface area contributed by atoms with Gasteiger partial charge in [0.25, 0.3) is 0 Å². The van der Waals surface area contributed by atoms with Crippen molar-refractivity contribution in [1.29, 1.82) is 0 Å². The van der Waals surface area contributed by atoms with Crippen molar-refractivity contribution >= 4 is 23.2 Å². The lowest BCUT2D eigenvalue weighted by Gasteiger charge is -2.25. The largest absolute Gasteiger partial charge is 0.369 e. The van der Waals surface area contributed by atoms with Crippen molar-refractivity contribution in [2.45, 2.75) is 26.3 Å². The molecule has 1 aromatic heterocycles. The number of amides is 1. The number of hydrogen-bond acceptors (Lipinski definition) is 5. The highest BCUT2D eigenvalue weighted by molar-refractivity contribution is 5.73. The Morgan fingerprint density at radius 1 is 1.13 bits per heavy atom. The number of benzene rings is 2. The Labute approximate surface area is 179 Å². The van der Waals surface area contributed by atoms with Gasteiger partial charge in [-0.15, -0.1) is 5.10 Å². The third kappa shape index (κ3) is 4.65. The van der Waals surface area contributed by atoms with Gasteiger partial charge < -0.3 is 15.1 Å². The molecule has 1 atom stereocenters. The van der Waals surface area contributed by atoms with E-state index >= 15 is 0 Å². The molecule has 1 unspecified atom stereocenters. The van der Waals surface area contributed by atoms with E-state index < -0.39 is 11.6 Å². The monoisotopic (exact) mass is 426 g/mol. The van der Waals surface area contributed by atoms with Gasteiger partial charge >= 0.3 is 0 Å². The second-order valence-corrected chi connectivity index (χ2v) is 7.84. The Kier molecular flexibility index (Phi) is 5.58. The Balaban J connectivity index is 1.51. The maximum atomic E-state index is 13.5. The van der Waals surface area contributed by atoms with Gasteiger partial charge in [-0.2, -0.15) is 4.98 Å². The molecule has 9 heteroatoms. The topological polar surface area (TPSA) is 66.3 Å². The number of nitrogens with one attached hydrogen (secondary N) is 1. The molecule has 1 fully saturated rings. The summed E-state index contributed by atoms with van der Waals surface area (Å²) in [5.74, 6) is -0.972. The van der Waals surface area contributed by atoms with Gasteiger partial charge in [-0.1, -0.05) is 0 Å². The summed E-state index contributed by atoms with van der Waals surface area (Å²) in [5, 5.41) is 7.43. The van der Waals surface area contributed by atoms with Gasteiger partial charge in [-0.25, -0.2) is 13.5 Å². The van der Waals surface area contributed by atoms with Crippen LogP contribution in [0.3, 0.4) is 0 Å². The Bertz CT molecular complexity index is 1090. The molecule has 1 aliphatic heterocycles. The number of likely N-dealkylation sites (N-methyl/N-ethyl adjacent to an activating group) is 1. The summed E-state index contributed by atoms with van der Waals surface area (Å²) in [5.41, 5.74) is 3.17. The number of aryl methyl sites for hydroxylation is 1. The molecular weight excluding hydrogens is 402 g/mol. The minimum Gasteiger partial charge on any atom is -0.369 e. The van der Waals surface area contributed by atoms with Crippen LogP contribution in [-0.4, -0.2) is 51.8 Å². The van der Waals surface area contributed by atoms with Crippen LogP contribution in [0.1, 0.15) is 18.9 Å². The summed E-state index contributed by atoms with van der Waals surface area (Å²) in [6, 6.07) is 9.46. The standard InChI is InChI=1S/C22H24F2N6O/c1-14-6-18(11-20(7-14)29-5-4-19(12-29)28(3)15(2)31)26-22-25-13-30(27-22)21-9-16(23)8-17(24)10-21/h6-11,13,19H,4-5,12H2,1-3H3,(H,26,27). The normalized spacial score (nSPS) is 15.9.